The van der Waals surface area contributed by atoms with Crippen LogP contribution < -0.4 is 5.32 Å². The van der Waals surface area contributed by atoms with Crippen molar-refractivity contribution >= 4 is 32.4 Å². The van der Waals surface area contributed by atoms with Crippen molar-refractivity contribution in [2.75, 3.05) is 18.4 Å². The summed E-state index contributed by atoms with van der Waals surface area (Å²) in [6.45, 7) is 4.08. The summed E-state index contributed by atoms with van der Waals surface area (Å²) in [5.74, 6) is -2.49. The van der Waals surface area contributed by atoms with E-state index in [0.29, 0.717) is 11.3 Å². The fourth-order valence-corrected chi connectivity index (χ4v) is 5.91. The Bertz CT molecular complexity index is 1290. The van der Waals surface area contributed by atoms with E-state index in [4.69, 9.17) is 4.74 Å². The summed E-state index contributed by atoms with van der Waals surface area (Å²) in [4.78, 5) is 17.0. The van der Waals surface area contributed by atoms with Gasteiger partial charge in [0.15, 0.2) is 16.8 Å². The number of amides is 1. The van der Waals surface area contributed by atoms with Crippen LogP contribution in [-0.2, 0) is 14.8 Å². The summed E-state index contributed by atoms with van der Waals surface area (Å²) in [6, 6.07) is 9.19. The number of thiazole rings is 1. The average molecular weight is 494 g/mol. The van der Waals surface area contributed by atoms with E-state index in [1.54, 1.807) is 5.38 Å². The Labute approximate surface area is 194 Å². The minimum absolute atomic E-state index is 0.0121. The molecule has 174 valence electrons. The Balaban J connectivity index is 1.51. The smallest absolute Gasteiger partial charge is 0.257 e. The maximum absolute atomic E-state index is 13.5. The molecule has 0 aliphatic carbocycles. The first-order chi connectivity index (χ1) is 15.6. The second-order valence-electron chi connectivity index (χ2n) is 7.73. The third-order valence-corrected chi connectivity index (χ3v) is 7.65. The first-order valence-electron chi connectivity index (χ1n) is 10.1. The van der Waals surface area contributed by atoms with Crippen LogP contribution in [0.1, 0.15) is 24.2 Å². The van der Waals surface area contributed by atoms with E-state index in [9.17, 15) is 22.0 Å². The maximum atomic E-state index is 13.5. The summed E-state index contributed by atoms with van der Waals surface area (Å²) in [6.07, 6.45) is -0.465. The molecule has 1 aliphatic heterocycles. The zero-order valence-corrected chi connectivity index (χ0v) is 19.4. The lowest BCUT2D eigenvalue weighted by Crippen LogP contribution is -2.48. The highest BCUT2D eigenvalue weighted by molar-refractivity contribution is 7.89. The van der Waals surface area contributed by atoms with Gasteiger partial charge >= 0.3 is 0 Å². The number of hydrogen-bond donors (Lipinski definition) is 1. The zero-order valence-electron chi connectivity index (χ0n) is 17.8. The number of sulfonamides is 1. The third kappa shape index (κ3) is 5.11. The predicted octanol–water partition coefficient (Wildman–Crippen LogP) is 4.14. The number of benzene rings is 2. The Morgan fingerprint density at radius 3 is 2.55 bits per heavy atom. The molecule has 1 amide bonds. The van der Waals surface area contributed by atoms with Gasteiger partial charge in [-0.15, -0.1) is 11.3 Å². The molecule has 3 aromatic rings. The first-order valence-corrected chi connectivity index (χ1v) is 12.4. The van der Waals surface area contributed by atoms with E-state index in [1.807, 2.05) is 13.8 Å². The summed E-state index contributed by atoms with van der Waals surface area (Å²) < 4.78 is 59.8. The quantitative estimate of drug-likeness (QED) is 0.577. The number of nitrogens with zero attached hydrogens (tertiary/aromatic N) is 2. The number of carbonyl (C=O) groups excluding carboxylic acids is 1. The maximum Gasteiger partial charge on any atom is 0.257 e. The number of morpholine rings is 1. The van der Waals surface area contributed by atoms with Crippen molar-refractivity contribution in [2.24, 2.45) is 0 Å². The zero-order chi connectivity index (χ0) is 23.8. The van der Waals surface area contributed by atoms with E-state index >= 15 is 0 Å². The molecule has 1 fully saturated rings. The standard InChI is InChI=1S/C22H21F2N3O4S2/c1-13-10-27(11-14(2)31-13)33(29,30)17-5-3-4-16(8-17)21(28)26-22-25-20(12-32-22)15-6-7-18(23)19(24)9-15/h3-9,12-14H,10-11H2,1-2H3,(H,25,26,28)/t13-,14+. The number of ether oxygens (including phenoxy) is 1. The van der Waals surface area contributed by atoms with Crippen LogP contribution in [0.3, 0.4) is 0 Å². The molecule has 11 heteroatoms. The number of rotatable bonds is 5. The topological polar surface area (TPSA) is 88.6 Å². The van der Waals surface area contributed by atoms with Crippen molar-refractivity contribution in [1.82, 2.24) is 9.29 Å². The van der Waals surface area contributed by atoms with E-state index < -0.39 is 27.6 Å². The molecule has 0 saturated carbocycles. The molecule has 0 bridgehead atoms. The van der Waals surface area contributed by atoms with E-state index in [-0.39, 0.29) is 40.9 Å². The van der Waals surface area contributed by atoms with Crippen molar-refractivity contribution in [3.05, 3.63) is 65.0 Å². The lowest BCUT2D eigenvalue weighted by Gasteiger charge is -2.34. The number of nitrogens with one attached hydrogen (secondary N) is 1. The van der Waals surface area contributed by atoms with Gasteiger partial charge in [0.05, 0.1) is 22.8 Å². The van der Waals surface area contributed by atoms with E-state index in [0.717, 1.165) is 23.5 Å². The van der Waals surface area contributed by atoms with Gasteiger partial charge < -0.3 is 4.74 Å². The molecule has 7 nitrogen and oxygen atoms in total. The molecule has 2 aromatic carbocycles. The second-order valence-corrected chi connectivity index (χ2v) is 10.5. The molecule has 2 heterocycles. The van der Waals surface area contributed by atoms with Crippen LogP contribution in [-0.4, -0.2) is 48.9 Å². The highest BCUT2D eigenvalue weighted by atomic mass is 32.2. The summed E-state index contributed by atoms with van der Waals surface area (Å²) in [7, 11) is -3.80. The molecule has 0 radical (unpaired) electrons. The number of hydrogen-bond acceptors (Lipinski definition) is 6. The summed E-state index contributed by atoms with van der Waals surface area (Å²) >= 11 is 1.11. The molecule has 1 saturated heterocycles. The molecule has 4 rings (SSSR count). The molecule has 1 aliphatic rings. The second kappa shape index (κ2) is 9.26. The third-order valence-electron chi connectivity index (χ3n) is 5.06. The van der Waals surface area contributed by atoms with Crippen molar-refractivity contribution in [3.63, 3.8) is 0 Å². The highest BCUT2D eigenvalue weighted by Gasteiger charge is 2.32. The fraction of sp³-hybridized carbons (Fsp3) is 0.273. The van der Waals surface area contributed by atoms with E-state index in [1.165, 1.54) is 34.6 Å². The van der Waals surface area contributed by atoms with Crippen LogP contribution in [0.2, 0.25) is 0 Å². The minimum Gasteiger partial charge on any atom is -0.373 e. The Hall–Kier alpha value is -2.73. The van der Waals surface area contributed by atoms with Gasteiger partial charge in [0.25, 0.3) is 5.91 Å². The molecule has 33 heavy (non-hydrogen) atoms. The molecule has 1 N–H and O–H groups in total. The molecule has 0 unspecified atom stereocenters. The fourth-order valence-electron chi connectivity index (χ4n) is 3.56. The summed E-state index contributed by atoms with van der Waals surface area (Å²) in [5.41, 5.74) is 0.892. The van der Waals surface area contributed by atoms with Crippen LogP contribution in [0.5, 0.6) is 0 Å². The highest BCUT2D eigenvalue weighted by Crippen LogP contribution is 2.27. The van der Waals surface area contributed by atoms with E-state index in [2.05, 4.69) is 10.3 Å². The van der Waals surface area contributed by atoms with Gasteiger partial charge in [0.2, 0.25) is 10.0 Å². The largest absolute Gasteiger partial charge is 0.373 e. The predicted molar refractivity (Wildman–Crippen MR) is 121 cm³/mol. The average Bonchev–Trinajstić information content (AvgIpc) is 3.23. The van der Waals surface area contributed by atoms with Gasteiger partial charge in [0.1, 0.15) is 0 Å². The number of aromatic nitrogens is 1. The monoisotopic (exact) mass is 493 g/mol. The molecular weight excluding hydrogens is 472 g/mol. The lowest BCUT2D eigenvalue weighted by molar-refractivity contribution is -0.0440. The number of halogens is 2. The first kappa shape index (κ1) is 23.4. The normalized spacial score (nSPS) is 19.4. The molecule has 2 atom stereocenters. The summed E-state index contributed by atoms with van der Waals surface area (Å²) in [5, 5.41) is 4.46. The number of anilines is 1. The molecule has 0 spiro atoms. The van der Waals surface area contributed by atoms with Crippen LogP contribution in [0.15, 0.2) is 52.7 Å². The van der Waals surface area contributed by atoms with Crippen molar-refractivity contribution in [1.29, 1.82) is 0 Å². The molecular formula is C22H21F2N3O4S2. The van der Waals surface area contributed by atoms with Crippen LogP contribution in [0, 0.1) is 11.6 Å². The minimum atomic E-state index is -3.80. The Morgan fingerprint density at radius 1 is 1.12 bits per heavy atom. The van der Waals surface area contributed by atoms with Crippen LogP contribution in [0.25, 0.3) is 11.3 Å². The van der Waals surface area contributed by atoms with Gasteiger partial charge in [-0.3, -0.25) is 10.1 Å². The van der Waals surface area contributed by atoms with Gasteiger partial charge in [-0.05, 0) is 50.2 Å². The number of carbonyl (C=O) groups is 1. The SMILES string of the molecule is C[C@@H]1CN(S(=O)(=O)c2cccc(C(=O)Nc3nc(-c4ccc(F)c(F)c4)cs3)c2)C[C@H](C)O1. The van der Waals surface area contributed by atoms with Crippen LogP contribution in [0.4, 0.5) is 13.9 Å². The van der Waals surface area contributed by atoms with Crippen molar-refractivity contribution in [3.8, 4) is 11.3 Å². The van der Waals surface area contributed by atoms with Gasteiger partial charge in [-0.1, -0.05) is 6.07 Å². The Kier molecular flexibility index (Phi) is 6.57. The van der Waals surface area contributed by atoms with Gasteiger partial charge in [0, 0.05) is 29.6 Å². The molecule has 1 aromatic heterocycles. The van der Waals surface area contributed by atoms with Crippen molar-refractivity contribution in [2.45, 2.75) is 31.0 Å². The lowest BCUT2D eigenvalue weighted by atomic mass is 10.2. The van der Waals surface area contributed by atoms with Gasteiger partial charge in [-0.2, -0.15) is 4.31 Å². The van der Waals surface area contributed by atoms with Crippen molar-refractivity contribution < 1.29 is 26.7 Å². The Morgan fingerprint density at radius 2 is 1.85 bits per heavy atom. The van der Waals surface area contributed by atoms with Crippen LogP contribution >= 0.6 is 11.3 Å². The van der Waals surface area contributed by atoms with Gasteiger partial charge in [-0.25, -0.2) is 22.2 Å².